The molecule has 1 aromatic heterocycles. The molecule has 7 aromatic carbocycles. The zero-order chi connectivity index (χ0) is 35.0. The summed E-state index contributed by atoms with van der Waals surface area (Å²) in [7, 11) is 0. The topological polar surface area (TPSA) is 94.1 Å². The summed E-state index contributed by atoms with van der Waals surface area (Å²) < 4.78 is 6.18. The summed E-state index contributed by atoms with van der Waals surface area (Å²) in [4.78, 5) is 0. The molecule has 0 aliphatic heterocycles. The van der Waals surface area contributed by atoms with E-state index in [0.29, 0.717) is 11.1 Å². The van der Waals surface area contributed by atoms with Gasteiger partial charge in [0.15, 0.2) is 11.5 Å². The van der Waals surface area contributed by atoms with Gasteiger partial charge < -0.3 is 24.8 Å². The molecule has 4 N–H and O–H groups in total. The first-order chi connectivity index (χ1) is 23.9. The van der Waals surface area contributed by atoms with Crippen molar-refractivity contribution < 1.29 is 24.8 Å². The minimum atomic E-state index is -0.763. The zero-order valence-electron chi connectivity index (χ0n) is 28.8. The number of benzene rings is 7. The van der Waals surface area contributed by atoms with E-state index in [2.05, 4.69) is 84.0 Å². The van der Waals surface area contributed by atoms with Crippen molar-refractivity contribution in [1.82, 2.24) is 0 Å². The van der Waals surface area contributed by atoms with Gasteiger partial charge in [0, 0.05) is 38.1 Å². The van der Waals surface area contributed by atoms with E-state index in [-0.39, 0.29) is 10.8 Å². The Kier molecular flexibility index (Phi) is 6.06. The Hall–Kier alpha value is -5.94. The second-order valence-corrected chi connectivity index (χ2v) is 14.4. The van der Waals surface area contributed by atoms with Crippen LogP contribution in [-0.4, -0.2) is 20.4 Å². The van der Waals surface area contributed by atoms with E-state index in [1.807, 2.05) is 42.5 Å². The van der Waals surface area contributed by atoms with Crippen LogP contribution in [-0.2, 0) is 5.41 Å². The minimum Gasteiger partial charge on any atom is -0.504 e. The monoisotopic (exact) mass is 656 g/mol. The Morgan fingerprint density at radius 1 is 0.480 bits per heavy atom. The average Bonchev–Trinajstić information content (AvgIpc) is 3.61. The zero-order valence-corrected chi connectivity index (χ0v) is 28.8. The minimum absolute atomic E-state index is 0.268. The van der Waals surface area contributed by atoms with E-state index in [1.54, 1.807) is 0 Å². The summed E-state index contributed by atoms with van der Waals surface area (Å²) >= 11 is 0. The third-order valence-corrected chi connectivity index (χ3v) is 11.6. The molecular formula is C45H36O5. The fourth-order valence-electron chi connectivity index (χ4n) is 8.87. The van der Waals surface area contributed by atoms with Gasteiger partial charge in [-0.1, -0.05) is 80.6 Å². The van der Waals surface area contributed by atoms with Crippen LogP contribution in [0.1, 0.15) is 47.2 Å². The highest BCUT2D eigenvalue weighted by Crippen LogP contribution is 2.60. The SMILES string of the molecule is Cc1c(C)c(C)c2c(-c3cccc4c3C(C)(C)c3ccccc3-4)c3c(O)c(O)c(O)c(O)c3c(-c3ccc4oc5ccccc5c4c3)c2c1C. The lowest BCUT2D eigenvalue weighted by atomic mass is 9.75. The lowest BCUT2D eigenvalue weighted by Crippen LogP contribution is -2.16. The molecule has 5 heteroatoms. The molecule has 1 heterocycles. The number of aromatic hydroxyl groups is 4. The maximum Gasteiger partial charge on any atom is 0.204 e. The van der Waals surface area contributed by atoms with Crippen molar-refractivity contribution in [3.8, 4) is 56.4 Å². The van der Waals surface area contributed by atoms with Crippen LogP contribution in [0.2, 0.25) is 0 Å². The maximum atomic E-state index is 12.0. The molecule has 1 aliphatic carbocycles. The standard InChI is InChI=1S/C45H36O5/c1-21-22(2)24(4)35-34(23(21)3)36(25-18-19-33-30(20-25)27-13-8-10-17-32(27)50-33)38-39(42(47)44(49)43(48)41(38)46)37(35)29-15-11-14-28-26-12-7-9-16-31(26)45(5,6)40(28)29/h7-20,46-49H,1-6H3. The van der Waals surface area contributed by atoms with E-state index in [0.717, 1.165) is 82.8 Å². The van der Waals surface area contributed by atoms with Gasteiger partial charge in [0.25, 0.3) is 0 Å². The number of phenolic OH excluding ortho intramolecular Hbond substituents is 4. The molecule has 0 radical (unpaired) electrons. The van der Waals surface area contributed by atoms with Crippen molar-refractivity contribution in [2.75, 3.05) is 0 Å². The Labute approximate surface area is 289 Å². The van der Waals surface area contributed by atoms with Crippen molar-refractivity contribution in [3.05, 3.63) is 118 Å². The third kappa shape index (κ3) is 3.67. The maximum absolute atomic E-state index is 12.0. The van der Waals surface area contributed by atoms with Gasteiger partial charge in [-0.3, -0.25) is 0 Å². The highest BCUT2D eigenvalue weighted by atomic mass is 16.3. The van der Waals surface area contributed by atoms with Gasteiger partial charge in [0.05, 0.1) is 0 Å². The van der Waals surface area contributed by atoms with Gasteiger partial charge in [-0.2, -0.15) is 0 Å². The molecule has 0 bridgehead atoms. The number of fused-ring (bicyclic) bond motifs is 8. The van der Waals surface area contributed by atoms with Gasteiger partial charge in [-0.15, -0.1) is 0 Å². The Balaban J connectivity index is 1.55. The van der Waals surface area contributed by atoms with Crippen LogP contribution in [0, 0.1) is 27.7 Å². The number of furan rings is 1. The molecule has 50 heavy (non-hydrogen) atoms. The van der Waals surface area contributed by atoms with E-state index in [4.69, 9.17) is 4.42 Å². The number of hydrogen-bond acceptors (Lipinski definition) is 5. The number of para-hydroxylation sites is 1. The first-order valence-electron chi connectivity index (χ1n) is 16.9. The second kappa shape index (κ2) is 10.1. The summed E-state index contributed by atoms with van der Waals surface area (Å²) in [5, 5.41) is 50.6. The van der Waals surface area contributed by atoms with Crippen LogP contribution >= 0.6 is 0 Å². The molecule has 0 fully saturated rings. The van der Waals surface area contributed by atoms with Gasteiger partial charge in [0.2, 0.25) is 11.5 Å². The summed E-state index contributed by atoms with van der Waals surface area (Å²) in [6.07, 6.45) is 0. The molecule has 0 saturated heterocycles. The lowest BCUT2D eigenvalue weighted by molar-refractivity contribution is 0.351. The summed E-state index contributed by atoms with van der Waals surface area (Å²) in [5.41, 5.74) is 13.0. The van der Waals surface area contributed by atoms with Crippen LogP contribution in [0.5, 0.6) is 23.0 Å². The van der Waals surface area contributed by atoms with Gasteiger partial charge >= 0.3 is 0 Å². The van der Waals surface area contributed by atoms with Gasteiger partial charge in [-0.05, 0) is 112 Å². The largest absolute Gasteiger partial charge is 0.504 e. The Bertz CT molecular complexity index is 2730. The van der Waals surface area contributed by atoms with Crippen LogP contribution < -0.4 is 0 Å². The molecule has 0 unspecified atom stereocenters. The van der Waals surface area contributed by atoms with Crippen LogP contribution in [0.4, 0.5) is 0 Å². The van der Waals surface area contributed by atoms with E-state index >= 15 is 0 Å². The third-order valence-electron chi connectivity index (χ3n) is 11.6. The predicted octanol–water partition coefficient (Wildman–Crippen LogP) is 11.6. The van der Waals surface area contributed by atoms with Crippen molar-refractivity contribution in [2.45, 2.75) is 47.0 Å². The summed E-state index contributed by atoms with van der Waals surface area (Å²) in [5.74, 6) is -2.49. The van der Waals surface area contributed by atoms with E-state index in [9.17, 15) is 20.4 Å². The van der Waals surface area contributed by atoms with E-state index < -0.39 is 28.4 Å². The molecule has 0 atom stereocenters. The molecule has 9 rings (SSSR count). The summed E-state index contributed by atoms with van der Waals surface area (Å²) in [6.45, 7) is 12.9. The first kappa shape index (κ1) is 30.1. The molecule has 246 valence electrons. The van der Waals surface area contributed by atoms with Crippen LogP contribution in [0.25, 0.3) is 76.9 Å². The van der Waals surface area contributed by atoms with Crippen molar-refractivity contribution >= 4 is 43.5 Å². The van der Waals surface area contributed by atoms with Gasteiger partial charge in [0.1, 0.15) is 11.2 Å². The van der Waals surface area contributed by atoms with Crippen molar-refractivity contribution in [1.29, 1.82) is 0 Å². The Morgan fingerprint density at radius 2 is 1.04 bits per heavy atom. The fraction of sp³-hybridized carbons (Fsp3) is 0.156. The molecule has 0 saturated carbocycles. The number of aryl methyl sites for hydroxylation is 2. The molecule has 8 aromatic rings. The van der Waals surface area contributed by atoms with Crippen LogP contribution in [0.15, 0.2) is 89.3 Å². The first-order valence-corrected chi connectivity index (χ1v) is 16.9. The fourth-order valence-corrected chi connectivity index (χ4v) is 8.87. The van der Waals surface area contributed by atoms with Crippen molar-refractivity contribution in [3.63, 3.8) is 0 Å². The Morgan fingerprint density at radius 3 is 1.76 bits per heavy atom. The lowest BCUT2D eigenvalue weighted by Gasteiger charge is -2.28. The molecular weight excluding hydrogens is 620 g/mol. The molecule has 0 amide bonds. The predicted molar refractivity (Wildman–Crippen MR) is 203 cm³/mol. The van der Waals surface area contributed by atoms with E-state index in [1.165, 1.54) is 5.56 Å². The summed E-state index contributed by atoms with van der Waals surface area (Å²) in [6, 6.07) is 28.5. The quantitative estimate of drug-likeness (QED) is 0.0844. The number of hydrogen-bond donors (Lipinski definition) is 4. The number of phenols is 4. The smallest absolute Gasteiger partial charge is 0.204 e. The highest BCUT2D eigenvalue weighted by molar-refractivity contribution is 6.28. The van der Waals surface area contributed by atoms with Crippen LogP contribution in [0.3, 0.4) is 0 Å². The second-order valence-electron chi connectivity index (χ2n) is 14.4. The number of rotatable bonds is 2. The van der Waals surface area contributed by atoms with Crippen molar-refractivity contribution in [2.24, 2.45) is 0 Å². The normalized spacial score (nSPS) is 13.5. The average molecular weight is 657 g/mol. The molecule has 0 spiro atoms. The highest BCUT2D eigenvalue weighted by Gasteiger charge is 2.39. The van der Waals surface area contributed by atoms with Gasteiger partial charge in [-0.25, -0.2) is 0 Å². The molecule has 1 aliphatic rings. The molecule has 5 nitrogen and oxygen atoms in total.